The standard InChI is InChI=1S/C27H28F3N5O2/c1-4-33(5-2)24(31)17-6-8-18(9-7-17)34-16-26(14-15-26)21-22(25(34)36)35(32-23(21)27(28,29)30)19-10-12-20(37-3)13-11-19/h6-13,31H,4-5,14-16H2,1-3H3. The van der Waals surface area contributed by atoms with E-state index >= 15 is 0 Å². The van der Waals surface area contributed by atoms with E-state index in [-0.39, 0.29) is 17.8 Å². The molecule has 7 nitrogen and oxygen atoms in total. The van der Waals surface area contributed by atoms with Crippen molar-refractivity contribution in [2.24, 2.45) is 0 Å². The lowest BCUT2D eigenvalue weighted by Crippen LogP contribution is -2.44. The van der Waals surface area contributed by atoms with Gasteiger partial charge >= 0.3 is 6.18 Å². The maximum atomic E-state index is 14.1. The molecule has 1 aliphatic carbocycles. The number of alkyl halides is 3. The van der Waals surface area contributed by atoms with Crippen LogP contribution in [0.3, 0.4) is 0 Å². The first kappa shape index (κ1) is 24.9. The molecule has 0 bridgehead atoms. The molecule has 0 saturated heterocycles. The molecular weight excluding hydrogens is 483 g/mol. The van der Waals surface area contributed by atoms with Crippen molar-refractivity contribution in [1.29, 1.82) is 5.41 Å². The lowest BCUT2D eigenvalue weighted by atomic mass is 9.88. The van der Waals surface area contributed by atoms with Gasteiger partial charge in [-0.1, -0.05) is 0 Å². The fraction of sp³-hybridized carbons (Fsp3) is 0.370. The van der Waals surface area contributed by atoms with E-state index in [1.54, 1.807) is 53.4 Å². The Labute approximate surface area is 212 Å². The molecule has 2 aliphatic rings. The van der Waals surface area contributed by atoms with Crippen molar-refractivity contribution in [3.8, 4) is 11.4 Å². The van der Waals surface area contributed by atoms with Crippen molar-refractivity contribution in [3.63, 3.8) is 0 Å². The summed E-state index contributed by atoms with van der Waals surface area (Å²) in [6, 6.07) is 13.5. The van der Waals surface area contributed by atoms with Gasteiger partial charge in [0.1, 0.15) is 17.3 Å². The van der Waals surface area contributed by atoms with Crippen LogP contribution in [0, 0.1) is 5.41 Å². The number of hydrogen-bond acceptors (Lipinski definition) is 4. The van der Waals surface area contributed by atoms with Crippen LogP contribution in [0.5, 0.6) is 5.75 Å². The number of amidine groups is 1. The molecule has 1 aromatic heterocycles. The highest BCUT2D eigenvalue weighted by atomic mass is 19.4. The summed E-state index contributed by atoms with van der Waals surface area (Å²) >= 11 is 0. The van der Waals surface area contributed by atoms with Gasteiger partial charge in [0.15, 0.2) is 5.69 Å². The zero-order valence-corrected chi connectivity index (χ0v) is 20.9. The molecule has 3 aromatic rings. The second-order valence-electron chi connectivity index (χ2n) is 9.42. The highest BCUT2D eigenvalue weighted by Gasteiger charge is 2.58. The van der Waals surface area contributed by atoms with E-state index in [9.17, 15) is 18.0 Å². The summed E-state index contributed by atoms with van der Waals surface area (Å²) in [5.74, 6) is 0.399. The Morgan fingerprint density at radius 2 is 1.65 bits per heavy atom. The van der Waals surface area contributed by atoms with Crippen LogP contribution < -0.4 is 9.64 Å². The Morgan fingerprint density at radius 3 is 2.16 bits per heavy atom. The summed E-state index contributed by atoms with van der Waals surface area (Å²) in [5.41, 5.74) is -0.201. The number of benzene rings is 2. The zero-order chi connectivity index (χ0) is 26.5. The highest BCUT2D eigenvalue weighted by molar-refractivity contribution is 6.09. The van der Waals surface area contributed by atoms with Crippen molar-refractivity contribution in [2.75, 3.05) is 31.6 Å². The van der Waals surface area contributed by atoms with Gasteiger partial charge in [0.05, 0.1) is 12.8 Å². The molecular formula is C27H28F3N5O2. The van der Waals surface area contributed by atoms with Gasteiger partial charge in [0, 0.05) is 41.9 Å². The molecule has 0 radical (unpaired) electrons. The molecule has 10 heteroatoms. The molecule has 1 amide bonds. The van der Waals surface area contributed by atoms with Crippen molar-refractivity contribution in [1.82, 2.24) is 14.7 Å². The molecule has 5 rings (SSSR count). The number of hydrogen-bond donors (Lipinski definition) is 1. The number of anilines is 1. The molecule has 0 unspecified atom stereocenters. The monoisotopic (exact) mass is 511 g/mol. The third kappa shape index (κ3) is 4.14. The van der Waals surface area contributed by atoms with E-state index in [4.69, 9.17) is 10.1 Å². The van der Waals surface area contributed by atoms with Crippen LogP contribution in [0.4, 0.5) is 18.9 Å². The second kappa shape index (κ2) is 8.93. The molecule has 1 aliphatic heterocycles. The molecule has 0 atom stereocenters. The molecule has 194 valence electrons. The highest BCUT2D eigenvalue weighted by Crippen LogP contribution is 2.56. The number of carbonyl (C=O) groups excluding carboxylic acids is 1. The van der Waals surface area contributed by atoms with E-state index < -0.39 is 23.2 Å². The number of fused-ring (bicyclic) bond motifs is 2. The molecule has 2 aromatic carbocycles. The van der Waals surface area contributed by atoms with Crippen molar-refractivity contribution < 1.29 is 22.7 Å². The maximum absolute atomic E-state index is 14.1. The SMILES string of the molecule is CCN(CC)C(=N)c1ccc(N2CC3(CC3)c3c(C(F)(F)F)nn(-c4ccc(OC)cc4)c3C2=O)cc1. The average Bonchev–Trinajstić information content (AvgIpc) is 3.53. The summed E-state index contributed by atoms with van der Waals surface area (Å²) < 4.78 is 48.7. The molecule has 1 fully saturated rings. The molecule has 1 N–H and O–H groups in total. The Balaban J connectivity index is 1.59. The Kier molecular flexibility index (Phi) is 6.00. The minimum Gasteiger partial charge on any atom is -0.497 e. The summed E-state index contributed by atoms with van der Waals surface area (Å²) in [4.78, 5) is 17.3. The number of ether oxygens (including phenoxy) is 1. The largest absolute Gasteiger partial charge is 0.497 e. The Hall–Kier alpha value is -3.82. The Morgan fingerprint density at radius 1 is 1.05 bits per heavy atom. The van der Waals surface area contributed by atoms with Gasteiger partial charge in [-0.15, -0.1) is 0 Å². The maximum Gasteiger partial charge on any atom is 0.435 e. The van der Waals surface area contributed by atoms with E-state index in [0.29, 0.717) is 54.5 Å². The van der Waals surface area contributed by atoms with Crippen LogP contribution in [-0.2, 0) is 11.6 Å². The van der Waals surface area contributed by atoms with Crippen LogP contribution in [0.2, 0.25) is 0 Å². The van der Waals surface area contributed by atoms with Gasteiger partial charge in [-0.2, -0.15) is 18.3 Å². The van der Waals surface area contributed by atoms with Crippen LogP contribution in [-0.4, -0.2) is 53.2 Å². The quantitative estimate of drug-likeness (QED) is 0.362. The topological polar surface area (TPSA) is 74.5 Å². The number of halogens is 3. The van der Waals surface area contributed by atoms with Crippen molar-refractivity contribution >= 4 is 17.4 Å². The van der Waals surface area contributed by atoms with Crippen molar-refractivity contribution in [2.45, 2.75) is 38.3 Å². The first-order chi connectivity index (χ1) is 17.6. The van der Waals surface area contributed by atoms with Crippen molar-refractivity contribution in [3.05, 3.63) is 71.0 Å². The number of amides is 1. The van der Waals surface area contributed by atoms with Gasteiger partial charge in [0.25, 0.3) is 5.91 Å². The molecule has 1 spiro atoms. The minimum atomic E-state index is -4.69. The lowest BCUT2D eigenvalue weighted by Gasteiger charge is -2.34. The predicted molar refractivity (Wildman–Crippen MR) is 134 cm³/mol. The first-order valence-electron chi connectivity index (χ1n) is 12.2. The van der Waals surface area contributed by atoms with Gasteiger partial charge < -0.3 is 14.5 Å². The van der Waals surface area contributed by atoms with Crippen LogP contribution in [0.15, 0.2) is 48.5 Å². The van der Waals surface area contributed by atoms with Gasteiger partial charge in [-0.05, 0) is 75.2 Å². The molecule has 37 heavy (non-hydrogen) atoms. The molecule has 1 saturated carbocycles. The van der Waals surface area contributed by atoms with Gasteiger partial charge in [0.2, 0.25) is 0 Å². The van der Waals surface area contributed by atoms with E-state index in [0.717, 1.165) is 4.68 Å². The Bertz CT molecular complexity index is 1340. The lowest BCUT2D eigenvalue weighted by molar-refractivity contribution is -0.142. The fourth-order valence-corrected chi connectivity index (χ4v) is 5.10. The number of nitrogens with zero attached hydrogens (tertiary/aromatic N) is 4. The van der Waals surface area contributed by atoms with Crippen LogP contribution in [0.1, 0.15) is 54.0 Å². The third-order valence-electron chi connectivity index (χ3n) is 7.30. The third-order valence-corrected chi connectivity index (χ3v) is 7.30. The summed E-state index contributed by atoms with van der Waals surface area (Å²) in [6.45, 7) is 5.51. The van der Waals surface area contributed by atoms with Crippen LogP contribution >= 0.6 is 0 Å². The number of nitrogens with one attached hydrogen (secondary N) is 1. The number of rotatable bonds is 6. The number of carbonyl (C=O) groups is 1. The second-order valence-corrected chi connectivity index (χ2v) is 9.42. The minimum absolute atomic E-state index is 0.00278. The fourth-order valence-electron chi connectivity index (χ4n) is 5.10. The van der Waals surface area contributed by atoms with E-state index in [1.165, 1.54) is 7.11 Å². The zero-order valence-electron chi connectivity index (χ0n) is 20.9. The van der Waals surface area contributed by atoms with Gasteiger partial charge in [-0.25, -0.2) is 4.68 Å². The summed E-state index contributed by atoms with van der Waals surface area (Å²) in [5, 5.41) is 12.4. The van der Waals surface area contributed by atoms with E-state index in [1.807, 2.05) is 18.7 Å². The average molecular weight is 512 g/mol. The molecule has 2 heterocycles. The number of aromatic nitrogens is 2. The van der Waals surface area contributed by atoms with E-state index in [2.05, 4.69) is 5.10 Å². The summed E-state index contributed by atoms with van der Waals surface area (Å²) in [6.07, 6.45) is -3.59. The first-order valence-corrected chi connectivity index (χ1v) is 12.2. The summed E-state index contributed by atoms with van der Waals surface area (Å²) in [7, 11) is 1.50. The van der Waals surface area contributed by atoms with Gasteiger partial charge in [-0.3, -0.25) is 10.2 Å². The smallest absolute Gasteiger partial charge is 0.435 e. The normalized spacial score (nSPS) is 16.1. The predicted octanol–water partition coefficient (Wildman–Crippen LogP) is 5.26. The van der Waals surface area contributed by atoms with Crippen LogP contribution in [0.25, 0.3) is 5.69 Å². The number of methoxy groups -OCH3 is 1.